The van der Waals surface area contributed by atoms with Crippen LogP contribution in [-0.2, 0) is 26.2 Å². The molecule has 1 aliphatic rings. The molecule has 1 aliphatic heterocycles. The minimum atomic E-state index is -0.220. The van der Waals surface area contributed by atoms with Crippen LogP contribution in [0.3, 0.4) is 0 Å². The molecular weight excluding hydrogens is 291 g/mol. The van der Waals surface area contributed by atoms with Crippen LogP contribution in [-0.4, -0.2) is 19.7 Å². The molecule has 0 aliphatic carbocycles. The van der Waals surface area contributed by atoms with Crippen LogP contribution in [0.15, 0.2) is 54.9 Å². The maximum Gasteiger partial charge on any atom is 0.141 e. The zero-order valence-electron chi connectivity index (χ0n) is 12.7. The summed E-state index contributed by atoms with van der Waals surface area (Å²) >= 11 is 0. The molecule has 0 N–H and O–H groups in total. The summed E-state index contributed by atoms with van der Waals surface area (Å²) in [7, 11) is 0. The number of rotatable bonds is 4. The second-order valence-corrected chi connectivity index (χ2v) is 5.87. The molecule has 1 aromatic heterocycles. The average molecular weight is 308 g/mol. The third kappa shape index (κ3) is 3.00. The minimum Gasteiger partial charge on any atom is -0.287 e. The lowest BCUT2D eigenvalue weighted by Gasteiger charge is -2.15. The van der Waals surface area contributed by atoms with E-state index in [2.05, 4.69) is 39.2 Å². The van der Waals surface area contributed by atoms with Crippen LogP contribution in [0.5, 0.6) is 0 Å². The predicted octanol–water partition coefficient (Wildman–Crippen LogP) is 2.98. The van der Waals surface area contributed by atoms with E-state index in [4.69, 9.17) is 0 Å². The summed E-state index contributed by atoms with van der Waals surface area (Å²) in [5, 5.41) is 4.31. The van der Waals surface area contributed by atoms with Gasteiger partial charge in [-0.1, -0.05) is 36.4 Å². The fourth-order valence-corrected chi connectivity index (χ4v) is 3.02. The van der Waals surface area contributed by atoms with Crippen molar-refractivity contribution in [3.8, 4) is 0 Å². The van der Waals surface area contributed by atoms with Crippen LogP contribution >= 0.6 is 0 Å². The molecule has 2 heterocycles. The zero-order chi connectivity index (χ0) is 15.6. The van der Waals surface area contributed by atoms with Gasteiger partial charge in [0.2, 0.25) is 0 Å². The first-order chi connectivity index (χ1) is 11.3. The van der Waals surface area contributed by atoms with Gasteiger partial charge in [-0.05, 0) is 28.8 Å². The molecule has 0 fully saturated rings. The molecule has 0 spiro atoms. The molecule has 3 aromatic rings. The number of benzene rings is 2. The minimum absolute atomic E-state index is 0.220. The molecule has 4 nitrogen and oxygen atoms in total. The van der Waals surface area contributed by atoms with Gasteiger partial charge in [-0.2, -0.15) is 5.10 Å². The molecule has 0 saturated heterocycles. The number of nitrogens with zero attached hydrogens (tertiary/aromatic N) is 4. The van der Waals surface area contributed by atoms with Gasteiger partial charge in [0, 0.05) is 13.1 Å². The first-order valence-corrected chi connectivity index (χ1v) is 7.68. The van der Waals surface area contributed by atoms with Crippen molar-refractivity contribution in [3.05, 3.63) is 83.2 Å². The van der Waals surface area contributed by atoms with Gasteiger partial charge in [0.25, 0.3) is 0 Å². The Morgan fingerprint density at radius 1 is 0.913 bits per heavy atom. The molecule has 0 radical (unpaired) electrons. The Labute approximate surface area is 134 Å². The molecule has 4 rings (SSSR count). The van der Waals surface area contributed by atoms with E-state index in [0.717, 1.165) is 31.0 Å². The molecule has 0 unspecified atom stereocenters. The molecule has 0 amide bonds. The molecular formula is C18H17FN4. The third-order valence-electron chi connectivity index (χ3n) is 4.21. The standard InChI is InChI=1S/C18H17FN4/c19-17-7-5-14(6-8-17)9-23-18(20-13-21-23)12-22-10-15-3-1-2-4-16(15)11-22/h1-8,13H,9-12H2. The van der Waals surface area contributed by atoms with E-state index >= 15 is 0 Å². The highest BCUT2D eigenvalue weighted by atomic mass is 19.1. The van der Waals surface area contributed by atoms with Crippen molar-refractivity contribution < 1.29 is 4.39 Å². The van der Waals surface area contributed by atoms with E-state index < -0.39 is 0 Å². The summed E-state index contributed by atoms with van der Waals surface area (Å²) in [4.78, 5) is 6.75. The van der Waals surface area contributed by atoms with E-state index in [-0.39, 0.29) is 5.82 Å². The van der Waals surface area contributed by atoms with Crippen molar-refractivity contribution in [2.45, 2.75) is 26.2 Å². The van der Waals surface area contributed by atoms with Crippen molar-refractivity contribution in [1.82, 2.24) is 19.7 Å². The van der Waals surface area contributed by atoms with Crippen LogP contribution in [0, 0.1) is 5.82 Å². The van der Waals surface area contributed by atoms with Gasteiger partial charge in [-0.25, -0.2) is 14.1 Å². The highest BCUT2D eigenvalue weighted by Crippen LogP contribution is 2.23. The summed E-state index contributed by atoms with van der Waals surface area (Å²) in [5.74, 6) is 0.713. The molecule has 2 aromatic carbocycles. The number of halogens is 1. The average Bonchev–Trinajstić information content (AvgIpc) is 3.16. The summed E-state index contributed by atoms with van der Waals surface area (Å²) in [6.45, 7) is 3.26. The smallest absolute Gasteiger partial charge is 0.141 e. The van der Waals surface area contributed by atoms with E-state index in [1.165, 1.54) is 23.3 Å². The number of fused-ring (bicyclic) bond motifs is 1. The summed E-state index contributed by atoms with van der Waals surface area (Å²) in [6, 6.07) is 15.0. The molecule has 116 valence electrons. The van der Waals surface area contributed by atoms with Gasteiger partial charge in [0.05, 0.1) is 13.1 Å². The van der Waals surface area contributed by atoms with E-state index in [0.29, 0.717) is 6.54 Å². The second-order valence-electron chi connectivity index (χ2n) is 5.87. The largest absolute Gasteiger partial charge is 0.287 e. The van der Waals surface area contributed by atoms with E-state index in [1.54, 1.807) is 18.5 Å². The lowest BCUT2D eigenvalue weighted by Crippen LogP contribution is -2.19. The van der Waals surface area contributed by atoms with Crippen LogP contribution in [0.1, 0.15) is 22.5 Å². The van der Waals surface area contributed by atoms with Crippen molar-refractivity contribution in [2.75, 3.05) is 0 Å². The highest BCUT2D eigenvalue weighted by Gasteiger charge is 2.20. The monoisotopic (exact) mass is 308 g/mol. The molecule has 23 heavy (non-hydrogen) atoms. The molecule has 0 bridgehead atoms. The van der Waals surface area contributed by atoms with Crippen molar-refractivity contribution >= 4 is 0 Å². The Kier molecular flexibility index (Phi) is 3.63. The third-order valence-corrected chi connectivity index (χ3v) is 4.21. The Hall–Kier alpha value is -2.53. The number of hydrogen-bond acceptors (Lipinski definition) is 3. The molecule has 0 saturated carbocycles. The summed E-state index contributed by atoms with van der Waals surface area (Å²) in [6.07, 6.45) is 1.59. The first kappa shape index (κ1) is 14.1. The SMILES string of the molecule is Fc1ccc(Cn2ncnc2CN2Cc3ccccc3C2)cc1. The van der Waals surface area contributed by atoms with Gasteiger partial charge < -0.3 is 0 Å². The summed E-state index contributed by atoms with van der Waals surface area (Å²) < 4.78 is 14.9. The molecule has 5 heteroatoms. The van der Waals surface area contributed by atoms with E-state index in [9.17, 15) is 4.39 Å². The van der Waals surface area contributed by atoms with Crippen LogP contribution in [0.4, 0.5) is 4.39 Å². The van der Waals surface area contributed by atoms with Gasteiger partial charge in [-0.3, -0.25) is 4.90 Å². The lowest BCUT2D eigenvalue weighted by atomic mass is 10.1. The van der Waals surface area contributed by atoms with E-state index in [1.807, 2.05) is 4.68 Å². The fraction of sp³-hybridized carbons (Fsp3) is 0.222. The Morgan fingerprint density at radius 2 is 1.61 bits per heavy atom. The van der Waals surface area contributed by atoms with Gasteiger partial charge >= 0.3 is 0 Å². The van der Waals surface area contributed by atoms with Crippen molar-refractivity contribution in [2.24, 2.45) is 0 Å². The van der Waals surface area contributed by atoms with Gasteiger partial charge in [0.1, 0.15) is 18.0 Å². The lowest BCUT2D eigenvalue weighted by molar-refractivity contribution is 0.263. The molecule has 0 atom stereocenters. The normalized spacial score (nSPS) is 14.1. The Bertz CT molecular complexity index is 785. The fourth-order valence-electron chi connectivity index (χ4n) is 3.02. The summed E-state index contributed by atoms with van der Waals surface area (Å²) in [5.41, 5.74) is 3.79. The van der Waals surface area contributed by atoms with Gasteiger partial charge in [0.15, 0.2) is 0 Å². The Balaban J connectivity index is 1.47. The maximum atomic E-state index is 13.0. The maximum absolute atomic E-state index is 13.0. The second kappa shape index (κ2) is 5.93. The van der Waals surface area contributed by atoms with Crippen molar-refractivity contribution in [3.63, 3.8) is 0 Å². The van der Waals surface area contributed by atoms with Crippen molar-refractivity contribution in [1.29, 1.82) is 0 Å². The zero-order valence-corrected chi connectivity index (χ0v) is 12.7. The number of hydrogen-bond donors (Lipinski definition) is 0. The quantitative estimate of drug-likeness (QED) is 0.743. The van der Waals surface area contributed by atoms with Crippen LogP contribution in [0.25, 0.3) is 0 Å². The topological polar surface area (TPSA) is 34.0 Å². The Morgan fingerprint density at radius 3 is 2.30 bits per heavy atom. The van der Waals surface area contributed by atoms with Crippen LogP contribution < -0.4 is 0 Å². The predicted molar refractivity (Wildman–Crippen MR) is 84.9 cm³/mol. The first-order valence-electron chi connectivity index (χ1n) is 7.68. The number of aromatic nitrogens is 3. The highest BCUT2D eigenvalue weighted by molar-refractivity contribution is 5.30. The van der Waals surface area contributed by atoms with Gasteiger partial charge in [-0.15, -0.1) is 0 Å². The van der Waals surface area contributed by atoms with Crippen LogP contribution in [0.2, 0.25) is 0 Å².